The summed E-state index contributed by atoms with van der Waals surface area (Å²) in [6, 6.07) is 5.31. The monoisotopic (exact) mass is 449 g/mol. The molecule has 9 heteroatoms. The lowest BCUT2D eigenvalue weighted by Gasteiger charge is -2.33. The maximum atomic E-state index is 13.3. The third kappa shape index (κ3) is 8.56. The minimum absolute atomic E-state index is 0.267. The van der Waals surface area contributed by atoms with Gasteiger partial charge in [-0.3, -0.25) is 14.4 Å². The van der Waals surface area contributed by atoms with Gasteiger partial charge in [0.05, 0.1) is 7.11 Å². The Kier molecular flexibility index (Phi) is 10.2. The lowest BCUT2D eigenvalue weighted by atomic mass is 10.0. The Morgan fingerprint density at radius 1 is 1.16 bits per heavy atom. The van der Waals surface area contributed by atoms with Gasteiger partial charge in [0, 0.05) is 6.54 Å². The van der Waals surface area contributed by atoms with Crippen molar-refractivity contribution in [3.63, 3.8) is 0 Å². The zero-order valence-electron chi connectivity index (χ0n) is 20.0. The highest BCUT2D eigenvalue weighted by Crippen LogP contribution is 2.24. The Labute approximate surface area is 189 Å². The molecule has 0 aromatic heterocycles. The number of rotatable bonds is 9. The number of nitrogens with zero attached hydrogens (tertiary/aromatic N) is 1. The van der Waals surface area contributed by atoms with Crippen LogP contribution in [0.2, 0.25) is 0 Å². The topological polar surface area (TPSA) is 114 Å². The van der Waals surface area contributed by atoms with Crippen LogP contribution in [-0.2, 0) is 23.9 Å². The number of ether oxygens (including phenoxy) is 2. The Bertz CT molecular complexity index is 818. The van der Waals surface area contributed by atoms with Gasteiger partial charge in [-0.15, -0.1) is 0 Å². The van der Waals surface area contributed by atoms with Crippen molar-refractivity contribution in [3.8, 4) is 0 Å². The number of esters is 1. The van der Waals surface area contributed by atoms with Crippen molar-refractivity contribution in [1.29, 1.82) is 0 Å². The van der Waals surface area contributed by atoms with Gasteiger partial charge in [-0.1, -0.05) is 36.8 Å². The zero-order valence-corrected chi connectivity index (χ0v) is 20.0. The number of hydrogen-bond donors (Lipinski definition) is 2. The van der Waals surface area contributed by atoms with Crippen LogP contribution in [-0.4, -0.2) is 60.6 Å². The van der Waals surface area contributed by atoms with E-state index in [1.165, 1.54) is 18.9 Å². The van der Waals surface area contributed by atoms with Crippen LogP contribution in [0.5, 0.6) is 0 Å². The lowest BCUT2D eigenvalue weighted by molar-refractivity contribution is -0.144. The molecule has 0 aliphatic heterocycles. The van der Waals surface area contributed by atoms with E-state index < -0.39 is 41.6 Å². The third-order valence-electron chi connectivity index (χ3n) is 4.40. The Balaban J connectivity index is 3.22. The van der Waals surface area contributed by atoms with Crippen molar-refractivity contribution in [2.24, 2.45) is 0 Å². The van der Waals surface area contributed by atoms with Crippen molar-refractivity contribution in [2.75, 3.05) is 20.2 Å². The molecule has 1 rings (SSSR count). The molecule has 0 heterocycles. The molecule has 32 heavy (non-hydrogen) atoms. The average molecular weight is 450 g/mol. The Morgan fingerprint density at radius 2 is 1.81 bits per heavy atom. The van der Waals surface area contributed by atoms with Crippen LogP contribution in [0.4, 0.5) is 4.79 Å². The molecule has 0 aliphatic rings. The van der Waals surface area contributed by atoms with E-state index in [2.05, 4.69) is 15.4 Å². The third-order valence-corrected chi connectivity index (χ3v) is 4.40. The van der Waals surface area contributed by atoms with Crippen LogP contribution in [0.25, 0.3) is 0 Å². The number of carbonyl (C=O) groups is 4. The number of alkyl carbamates (subject to hydrolysis) is 1. The van der Waals surface area contributed by atoms with Crippen LogP contribution >= 0.6 is 0 Å². The van der Waals surface area contributed by atoms with Crippen molar-refractivity contribution < 1.29 is 28.7 Å². The second-order valence-corrected chi connectivity index (χ2v) is 8.51. The summed E-state index contributed by atoms with van der Waals surface area (Å²) in [4.78, 5) is 51.5. The summed E-state index contributed by atoms with van der Waals surface area (Å²) in [7, 11) is 1.23. The van der Waals surface area contributed by atoms with Crippen molar-refractivity contribution in [3.05, 3.63) is 35.4 Å². The molecule has 0 saturated carbocycles. The largest absolute Gasteiger partial charge is 0.468 e. The van der Waals surface area contributed by atoms with Crippen molar-refractivity contribution in [2.45, 2.75) is 65.6 Å². The van der Waals surface area contributed by atoms with Crippen LogP contribution in [0.15, 0.2) is 24.3 Å². The molecule has 3 amide bonds. The van der Waals surface area contributed by atoms with E-state index in [0.29, 0.717) is 12.0 Å². The Hall–Kier alpha value is -3.10. The number of benzene rings is 1. The highest BCUT2D eigenvalue weighted by molar-refractivity contribution is 5.93. The summed E-state index contributed by atoms with van der Waals surface area (Å²) in [5, 5.41) is 5.07. The average Bonchev–Trinajstić information content (AvgIpc) is 2.69. The first-order valence-electron chi connectivity index (χ1n) is 10.6. The quantitative estimate of drug-likeness (QED) is 0.560. The van der Waals surface area contributed by atoms with Gasteiger partial charge in [0.1, 0.15) is 24.2 Å². The molecule has 0 radical (unpaired) electrons. The fraction of sp³-hybridized carbons (Fsp3) is 0.565. The number of amides is 3. The predicted molar refractivity (Wildman–Crippen MR) is 120 cm³/mol. The molecule has 1 aromatic rings. The molecule has 2 N–H and O–H groups in total. The molecule has 1 aromatic carbocycles. The lowest BCUT2D eigenvalue weighted by Crippen LogP contribution is -2.52. The number of hydrogen-bond acceptors (Lipinski definition) is 6. The highest BCUT2D eigenvalue weighted by Gasteiger charge is 2.34. The van der Waals surface area contributed by atoms with Gasteiger partial charge in [-0.2, -0.15) is 0 Å². The van der Waals surface area contributed by atoms with Gasteiger partial charge in [-0.05, 0) is 46.6 Å². The van der Waals surface area contributed by atoms with E-state index >= 15 is 0 Å². The van der Waals surface area contributed by atoms with Gasteiger partial charge in [0.15, 0.2) is 0 Å². The first-order chi connectivity index (χ1) is 14.9. The van der Waals surface area contributed by atoms with Gasteiger partial charge in [0.25, 0.3) is 0 Å². The summed E-state index contributed by atoms with van der Waals surface area (Å²) in [6.07, 6.45) is -0.144. The van der Waals surface area contributed by atoms with Crippen molar-refractivity contribution in [1.82, 2.24) is 15.5 Å². The second-order valence-electron chi connectivity index (χ2n) is 8.51. The van der Waals surface area contributed by atoms with E-state index in [-0.39, 0.29) is 13.1 Å². The van der Waals surface area contributed by atoms with E-state index in [1.807, 2.05) is 26.0 Å². The van der Waals surface area contributed by atoms with Crippen LogP contribution in [0.3, 0.4) is 0 Å². The number of methoxy groups -OCH3 is 1. The van der Waals surface area contributed by atoms with Gasteiger partial charge >= 0.3 is 12.1 Å². The standard InChI is InChI=1S/C23H35N3O6/c1-8-12-26(21(29)16(3)25-22(30)32-23(4,5)6)19(17-11-9-10-15(2)13-17)20(28)24-14-18(27)31-7/h9-11,13,16,19H,8,12,14H2,1-7H3,(H,24,28)(H,25,30). The molecule has 0 spiro atoms. The summed E-state index contributed by atoms with van der Waals surface area (Å²) in [6.45, 7) is 10.4. The van der Waals surface area contributed by atoms with E-state index in [9.17, 15) is 19.2 Å². The minimum Gasteiger partial charge on any atom is -0.468 e. The highest BCUT2D eigenvalue weighted by atomic mass is 16.6. The summed E-state index contributed by atoms with van der Waals surface area (Å²) < 4.78 is 9.82. The molecule has 2 atom stereocenters. The summed E-state index contributed by atoms with van der Waals surface area (Å²) in [5.41, 5.74) is 0.795. The van der Waals surface area contributed by atoms with Crippen LogP contribution < -0.4 is 10.6 Å². The van der Waals surface area contributed by atoms with E-state index in [0.717, 1.165) is 5.56 Å². The minimum atomic E-state index is -0.991. The van der Waals surface area contributed by atoms with E-state index in [4.69, 9.17) is 4.74 Å². The zero-order chi connectivity index (χ0) is 24.5. The molecular weight excluding hydrogens is 414 g/mol. The normalized spacial score (nSPS) is 12.8. The molecule has 178 valence electrons. The van der Waals surface area contributed by atoms with Gasteiger partial charge in [0.2, 0.25) is 11.8 Å². The second kappa shape index (κ2) is 12.1. The fourth-order valence-corrected chi connectivity index (χ4v) is 3.04. The molecule has 0 aliphatic carbocycles. The van der Waals surface area contributed by atoms with Crippen molar-refractivity contribution >= 4 is 23.9 Å². The predicted octanol–water partition coefficient (Wildman–Crippen LogP) is 2.48. The van der Waals surface area contributed by atoms with E-state index in [1.54, 1.807) is 32.9 Å². The maximum absolute atomic E-state index is 13.3. The van der Waals surface area contributed by atoms with Gasteiger partial charge in [-0.25, -0.2) is 4.79 Å². The smallest absolute Gasteiger partial charge is 0.408 e. The molecule has 0 saturated heterocycles. The molecular formula is C23H35N3O6. The maximum Gasteiger partial charge on any atom is 0.408 e. The molecule has 2 unspecified atom stereocenters. The number of carbonyl (C=O) groups excluding carboxylic acids is 4. The van der Waals surface area contributed by atoms with Crippen LogP contribution in [0.1, 0.15) is 58.2 Å². The first-order valence-corrected chi connectivity index (χ1v) is 10.6. The molecule has 0 bridgehead atoms. The van der Waals surface area contributed by atoms with Gasteiger partial charge < -0.3 is 25.0 Å². The fourth-order valence-electron chi connectivity index (χ4n) is 3.04. The van der Waals surface area contributed by atoms with Crippen LogP contribution in [0, 0.1) is 6.92 Å². The number of nitrogens with one attached hydrogen (secondary N) is 2. The first kappa shape index (κ1) is 26.9. The summed E-state index contributed by atoms with van der Waals surface area (Å²) >= 11 is 0. The Morgan fingerprint density at radius 3 is 2.34 bits per heavy atom. The summed E-state index contributed by atoms with van der Waals surface area (Å²) in [5.74, 6) is -1.57. The molecule has 0 fully saturated rings. The number of aryl methyl sites for hydroxylation is 1. The molecule has 9 nitrogen and oxygen atoms in total. The SMILES string of the molecule is CCCN(C(=O)C(C)NC(=O)OC(C)(C)C)C(C(=O)NCC(=O)OC)c1cccc(C)c1.